The number of unbranched alkanes of at least 4 members (excludes halogenated alkanes) is 1. The van der Waals surface area contributed by atoms with Crippen molar-refractivity contribution in [1.29, 1.82) is 5.26 Å². The summed E-state index contributed by atoms with van der Waals surface area (Å²) < 4.78 is 22.3. The third-order valence-electron chi connectivity index (χ3n) is 3.24. The number of nitrogens with zero attached hydrogens (tertiary/aromatic N) is 1. The molecule has 0 heterocycles. The van der Waals surface area contributed by atoms with Crippen molar-refractivity contribution in [2.45, 2.75) is 31.1 Å². The lowest BCUT2D eigenvalue weighted by atomic mass is 10.1. The SMILES string of the molecule is CCCCNC(=O)/C(C#N)=C\NCCc1ccc(S(N)(=O)=O)cc1. The molecule has 0 bridgehead atoms. The second-order valence-electron chi connectivity index (χ2n) is 5.17. The van der Waals surface area contributed by atoms with Gasteiger partial charge in [-0.2, -0.15) is 5.26 Å². The van der Waals surface area contributed by atoms with Gasteiger partial charge in [-0.3, -0.25) is 4.79 Å². The van der Waals surface area contributed by atoms with E-state index < -0.39 is 15.9 Å². The quantitative estimate of drug-likeness (QED) is 0.345. The monoisotopic (exact) mass is 350 g/mol. The molecule has 4 N–H and O–H groups in total. The zero-order valence-corrected chi connectivity index (χ0v) is 14.4. The summed E-state index contributed by atoms with van der Waals surface area (Å²) in [6, 6.07) is 8.10. The number of nitrogens with two attached hydrogens (primary N) is 1. The van der Waals surface area contributed by atoms with Crippen LogP contribution in [0, 0.1) is 11.3 Å². The van der Waals surface area contributed by atoms with E-state index in [2.05, 4.69) is 10.6 Å². The second-order valence-corrected chi connectivity index (χ2v) is 6.73. The number of primary sulfonamides is 1. The molecule has 1 aromatic rings. The molecule has 0 fully saturated rings. The molecule has 0 radical (unpaired) electrons. The molecule has 0 saturated heterocycles. The van der Waals surface area contributed by atoms with Crippen molar-refractivity contribution >= 4 is 15.9 Å². The van der Waals surface area contributed by atoms with Crippen molar-refractivity contribution in [2.75, 3.05) is 13.1 Å². The molecule has 0 spiro atoms. The van der Waals surface area contributed by atoms with E-state index in [4.69, 9.17) is 10.4 Å². The van der Waals surface area contributed by atoms with Gasteiger partial charge in [-0.15, -0.1) is 0 Å². The lowest BCUT2D eigenvalue weighted by molar-refractivity contribution is -0.117. The fraction of sp³-hybridized carbons (Fsp3) is 0.375. The molecular weight excluding hydrogens is 328 g/mol. The first-order chi connectivity index (χ1) is 11.4. The van der Waals surface area contributed by atoms with Crippen molar-refractivity contribution in [1.82, 2.24) is 10.6 Å². The largest absolute Gasteiger partial charge is 0.389 e. The molecule has 0 unspecified atom stereocenters. The van der Waals surface area contributed by atoms with Crippen LogP contribution in [-0.4, -0.2) is 27.4 Å². The van der Waals surface area contributed by atoms with E-state index in [0.29, 0.717) is 19.5 Å². The molecule has 0 aliphatic heterocycles. The minimum Gasteiger partial charge on any atom is -0.389 e. The summed E-state index contributed by atoms with van der Waals surface area (Å²) >= 11 is 0. The highest BCUT2D eigenvalue weighted by Gasteiger charge is 2.08. The highest BCUT2D eigenvalue weighted by atomic mass is 32.2. The molecule has 1 amide bonds. The molecule has 0 saturated carbocycles. The van der Waals surface area contributed by atoms with Crippen molar-refractivity contribution in [3.8, 4) is 6.07 Å². The van der Waals surface area contributed by atoms with Gasteiger partial charge in [0.15, 0.2) is 0 Å². The lowest BCUT2D eigenvalue weighted by Crippen LogP contribution is -2.26. The Labute approximate surface area is 142 Å². The van der Waals surface area contributed by atoms with Crippen molar-refractivity contribution in [3.05, 3.63) is 41.6 Å². The average Bonchev–Trinajstić information content (AvgIpc) is 2.54. The number of hydrogen-bond acceptors (Lipinski definition) is 5. The predicted octanol–water partition coefficient (Wildman–Crippen LogP) is 0.790. The smallest absolute Gasteiger partial charge is 0.263 e. The number of benzene rings is 1. The van der Waals surface area contributed by atoms with Gasteiger partial charge in [0.25, 0.3) is 5.91 Å². The molecule has 24 heavy (non-hydrogen) atoms. The first-order valence-corrected chi connectivity index (χ1v) is 9.16. The number of sulfonamides is 1. The van der Waals surface area contributed by atoms with Crippen LogP contribution in [0.25, 0.3) is 0 Å². The van der Waals surface area contributed by atoms with Gasteiger partial charge < -0.3 is 10.6 Å². The first-order valence-electron chi connectivity index (χ1n) is 7.62. The second kappa shape index (κ2) is 9.70. The highest BCUT2D eigenvalue weighted by molar-refractivity contribution is 7.89. The maximum absolute atomic E-state index is 11.7. The molecular formula is C16H22N4O3S. The normalized spacial score (nSPS) is 11.6. The molecule has 0 aromatic heterocycles. The summed E-state index contributed by atoms with van der Waals surface area (Å²) in [5.74, 6) is -0.393. The van der Waals surface area contributed by atoms with E-state index in [-0.39, 0.29) is 10.5 Å². The lowest BCUT2D eigenvalue weighted by Gasteiger charge is -2.05. The van der Waals surface area contributed by atoms with E-state index >= 15 is 0 Å². The molecule has 130 valence electrons. The average molecular weight is 350 g/mol. The molecule has 0 aliphatic carbocycles. The Bertz CT molecular complexity index is 719. The number of nitriles is 1. The van der Waals surface area contributed by atoms with Gasteiger partial charge >= 0.3 is 0 Å². The summed E-state index contributed by atoms with van der Waals surface area (Å²) in [4.78, 5) is 11.8. The highest BCUT2D eigenvalue weighted by Crippen LogP contribution is 2.08. The Kier molecular flexibility index (Phi) is 7.95. The Balaban J connectivity index is 2.48. The van der Waals surface area contributed by atoms with Gasteiger partial charge in [-0.05, 0) is 30.5 Å². The van der Waals surface area contributed by atoms with Gasteiger partial charge in [-0.1, -0.05) is 25.5 Å². The van der Waals surface area contributed by atoms with Crippen LogP contribution in [0.2, 0.25) is 0 Å². The van der Waals surface area contributed by atoms with Crippen LogP contribution in [0.15, 0.2) is 40.9 Å². The summed E-state index contributed by atoms with van der Waals surface area (Å²) in [5.41, 5.74) is 0.935. The molecule has 1 aromatic carbocycles. The first kappa shape index (κ1) is 19.7. The molecule has 0 atom stereocenters. The van der Waals surface area contributed by atoms with E-state index in [0.717, 1.165) is 18.4 Å². The van der Waals surface area contributed by atoms with Crippen LogP contribution < -0.4 is 15.8 Å². The zero-order valence-electron chi connectivity index (χ0n) is 13.6. The minimum atomic E-state index is -3.68. The Morgan fingerprint density at radius 2 is 1.96 bits per heavy atom. The third-order valence-corrected chi connectivity index (χ3v) is 4.17. The Morgan fingerprint density at radius 3 is 2.50 bits per heavy atom. The number of hydrogen-bond donors (Lipinski definition) is 3. The topological polar surface area (TPSA) is 125 Å². The zero-order chi connectivity index (χ0) is 18.0. The fourth-order valence-corrected chi connectivity index (χ4v) is 2.37. The van der Waals surface area contributed by atoms with Crippen LogP contribution in [0.5, 0.6) is 0 Å². The van der Waals surface area contributed by atoms with Crippen LogP contribution in [0.4, 0.5) is 0 Å². The predicted molar refractivity (Wildman–Crippen MR) is 91.1 cm³/mol. The number of amides is 1. The summed E-state index contributed by atoms with van der Waals surface area (Å²) in [7, 11) is -3.68. The maximum atomic E-state index is 11.7. The summed E-state index contributed by atoms with van der Waals surface area (Å²) in [6.07, 6.45) is 3.83. The van der Waals surface area contributed by atoms with Crippen molar-refractivity contribution < 1.29 is 13.2 Å². The molecule has 8 heteroatoms. The standard InChI is InChI=1S/C16H22N4O3S/c1-2-3-9-20-16(21)14(11-17)12-19-10-8-13-4-6-15(7-5-13)24(18,22)23/h4-7,12,19H,2-3,8-10H2,1H3,(H,20,21)(H2,18,22,23)/b14-12-. The van der Waals surface area contributed by atoms with Crippen LogP contribution in [0.3, 0.4) is 0 Å². The third kappa shape index (κ3) is 6.81. The van der Waals surface area contributed by atoms with Gasteiger partial charge in [0.2, 0.25) is 10.0 Å². The number of carbonyl (C=O) groups is 1. The van der Waals surface area contributed by atoms with Crippen LogP contribution in [-0.2, 0) is 21.2 Å². The summed E-state index contributed by atoms with van der Waals surface area (Å²) in [6.45, 7) is 3.07. The maximum Gasteiger partial charge on any atom is 0.263 e. The van der Waals surface area contributed by atoms with Crippen molar-refractivity contribution in [2.24, 2.45) is 5.14 Å². The van der Waals surface area contributed by atoms with E-state index in [1.807, 2.05) is 13.0 Å². The van der Waals surface area contributed by atoms with Crippen LogP contribution >= 0.6 is 0 Å². The fourth-order valence-electron chi connectivity index (χ4n) is 1.86. The Morgan fingerprint density at radius 1 is 1.29 bits per heavy atom. The van der Waals surface area contributed by atoms with E-state index in [9.17, 15) is 13.2 Å². The molecule has 1 rings (SSSR count). The van der Waals surface area contributed by atoms with E-state index in [1.165, 1.54) is 18.3 Å². The number of rotatable bonds is 9. The molecule has 0 aliphatic rings. The van der Waals surface area contributed by atoms with Gasteiger partial charge in [-0.25, -0.2) is 13.6 Å². The van der Waals surface area contributed by atoms with Crippen LogP contribution in [0.1, 0.15) is 25.3 Å². The van der Waals surface area contributed by atoms with Gasteiger partial charge in [0.1, 0.15) is 11.6 Å². The molecule has 7 nitrogen and oxygen atoms in total. The van der Waals surface area contributed by atoms with Crippen molar-refractivity contribution in [3.63, 3.8) is 0 Å². The number of nitrogens with one attached hydrogen (secondary N) is 2. The van der Waals surface area contributed by atoms with Gasteiger partial charge in [0.05, 0.1) is 4.90 Å². The van der Waals surface area contributed by atoms with Gasteiger partial charge in [0, 0.05) is 19.3 Å². The Hall–Kier alpha value is -2.37. The van der Waals surface area contributed by atoms with E-state index in [1.54, 1.807) is 12.1 Å². The minimum absolute atomic E-state index is 0.0238. The summed E-state index contributed by atoms with van der Waals surface area (Å²) in [5, 5.41) is 19.6. The number of carbonyl (C=O) groups excluding carboxylic acids is 1.